The van der Waals surface area contributed by atoms with Crippen molar-refractivity contribution in [1.29, 1.82) is 0 Å². The largest absolute Gasteiger partial charge is 0.342 e. The summed E-state index contributed by atoms with van der Waals surface area (Å²) in [5.41, 5.74) is 5.63. The molecule has 0 aromatic heterocycles. The Labute approximate surface area is 126 Å². The summed E-state index contributed by atoms with van der Waals surface area (Å²) in [6.45, 7) is 8.98. The van der Waals surface area contributed by atoms with E-state index in [1.807, 2.05) is 27.7 Å². The van der Waals surface area contributed by atoms with Gasteiger partial charge in [0.1, 0.15) is 6.10 Å². The van der Waals surface area contributed by atoms with Crippen LogP contribution in [0.5, 0.6) is 0 Å². The Bertz CT molecular complexity index is 357. The van der Waals surface area contributed by atoms with E-state index in [2.05, 4.69) is 0 Å². The molecule has 0 aliphatic carbocycles. The number of carbonyl (C=O) groups excluding carboxylic acids is 2. The van der Waals surface area contributed by atoms with Crippen LogP contribution >= 0.6 is 0 Å². The molecule has 0 spiro atoms. The molecule has 1 amide bonds. The molecule has 6 nitrogen and oxygen atoms in total. The van der Waals surface area contributed by atoms with Crippen LogP contribution in [0.4, 0.5) is 0 Å². The zero-order valence-electron chi connectivity index (χ0n) is 13.6. The maximum absolute atomic E-state index is 11.9. The van der Waals surface area contributed by atoms with Gasteiger partial charge in [0.15, 0.2) is 0 Å². The van der Waals surface area contributed by atoms with Gasteiger partial charge < -0.3 is 10.6 Å². The van der Waals surface area contributed by atoms with Crippen LogP contribution in [-0.4, -0.2) is 42.0 Å². The molecular formula is C15H28N2O4. The molecule has 1 atom stereocenters. The van der Waals surface area contributed by atoms with Gasteiger partial charge in [-0.1, -0.05) is 27.7 Å². The van der Waals surface area contributed by atoms with Crippen molar-refractivity contribution >= 4 is 11.9 Å². The van der Waals surface area contributed by atoms with Crippen LogP contribution in [0.15, 0.2) is 0 Å². The van der Waals surface area contributed by atoms with Crippen LogP contribution in [0.1, 0.15) is 53.4 Å². The van der Waals surface area contributed by atoms with Crippen LogP contribution in [0.3, 0.4) is 0 Å². The van der Waals surface area contributed by atoms with Gasteiger partial charge in [0.25, 0.3) is 0 Å². The average Bonchev–Trinajstić information content (AvgIpc) is 2.42. The van der Waals surface area contributed by atoms with Crippen LogP contribution in [0, 0.1) is 5.41 Å². The predicted molar refractivity (Wildman–Crippen MR) is 79.1 cm³/mol. The molecule has 1 aliphatic rings. The lowest BCUT2D eigenvalue weighted by atomic mass is 9.93. The second-order valence-electron chi connectivity index (χ2n) is 6.83. The van der Waals surface area contributed by atoms with Gasteiger partial charge in [-0.2, -0.15) is 4.89 Å². The van der Waals surface area contributed by atoms with E-state index in [4.69, 9.17) is 15.5 Å². The van der Waals surface area contributed by atoms with Gasteiger partial charge >= 0.3 is 5.97 Å². The Kier molecular flexibility index (Phi) is 6.61. The molecule has 1 rings (SSSR count). The molecule has 0 bridgehead atoms. The average molecular weight is 300 g/mol. The Hall–Kier alpha value is -1.14. The zero-order valence-corrected chi connectivity index (χ0v) is 13.6. The Morgan fingerprint density at radius 3 is 2.33 bits per heavy atom. The molecule has 0 saturated carbocycles. The van der Waals surface area contributed by atoms with Crippen LogP contribution < -0.4 is 5.73 Å². The van der Waals surface area contributed by atoms with Crippen molar-refractivity contribution in [2.75, 3.05) is 13.1 Å². The Morgan fingerprint density at radius 1 is 1.29 bits per heavy atom. The second kappa shape index (κ2) is 7.75. The fourth-order valence-corrected chi connectivity index (χ4v) is 2.17. The highest BCUT2D eigenvalue weighted by molar-refractivity contribution is 5.81. The van der Waals surface area contributed by atoms with E-state index in [9.17, 15) is 9.59 Å². The number of hydrogen-bond donors (Lipinski definition) is 1. The molecular weight excluding hydrogens is 272 g/mol. The number of carbonyl (C=O) groups is 2. The lowest BCUT2D eigenvalue weighted by Crippen LogP contribution is -2.48. The first-order valence-electron chi connectivity index (χ1n) is 7.63. The topological polar surface area (TPSA) is 81.9 Å². The van der Waals surface area contributed by atoms with Crippen molar-refractivity contribution in [3.63, 3.8) is 0 Å². The summed E-state index contributed by atoms with van der Waals surface area (Å²) in [5.74, 6) is -0.366. The van der Waals surface area contributed by atoms with Crippen molar-refractivity contribution in [3.05, 3.63) is 0 Å². The van der Waals surface area contributed by atoms with E-state index < -0.39 is 6.04 Å². The molecule has 6 heteroatoms. The van der Waals surface area contributed by atoms with Gasteiger partial charge in [0, 0.05) is 13.1 Å². The third-order valence-corrected chi connectivity index (χ3v) is 3.46. The Morgan fingerprint density at radius 2 is 1.86 bits per heavy atom. The number of piperidine rings is 1. The highest BCUT2D eigenvalue weighted by atomic mass is 17.2. The van der Waals surface area contributed by atoms with Crippen molar-refractivity contribution < 1.29 is 19.4 Å². The molecule has 1 heterocycles. The van der Waals surface area contributed by atoms with Crippen LogP contribution in [0.2, 0.25) is 0 Å². The first kappa shape index (κ1) is 17.9. The van der Waals surface area contributed by atoms with Crippen molar-refractivity contribution in [2.24, 2.45) is 11.1 Å². The van der Waals surface area contributed by atoms with E-state index in [1.165, 1.54) is 0 Å². The molecule has 0 aromatic rings. The number of amides is 1. The van der Waals surface area contributed by atoms with E-state index in [0.717, 1.165) is 0 Å². The third-order valence-electron chi connectivity index (χ3n) is 3.46. The number of nitrogens with zero attached hydrogens (tertiary/aromatic N) is 1. The molecule has 2 N–H and O–H groups in total. The first-order chi connectivity index (χ1) is 9.73. The smallest absolute Gasteiger partial charge is 0.341 e. The van der Waals surface area contributed by atoms with Gasteiger partial charge in [0.05, 0.1) is 12.5 Å². The van der Waals surface area contributed by atoms with Crippen LogP contribution in [0.25, 0.3) is 0 Å². The van der Waals surface area contributed by atoms with E-state index >= 15 is 0 Å². The summed E-state index contributed by atoms with van der Waals surface area (Å²) < 4.78 is 0. The lowest BCUT2D eigenvalue weighted by molar-refractivity contribution is -0.304. The molecule has 1 unspecified atom stereocenters. The monoisotopic (exact) mass is 300 g/mol. The normalized spacial score (nSPS) is 18.4. The number of nitrogens with two attached hydrogens (primary N) is 1. The summed E-state index contributed by atoms with van der Waals surface area (Å²) in [4.78, 5) is 35.3. The minimum Gasteiger partial charge on any atom is -0.341 e. The molecule has 0 aromatic carbocycles. The standard InChI is InChI=1S/C15H28N2O4/c1-5-12(16)14(19)17-8-6-11(7-9-17)20-21-13(18)10-15(2,3)4/h11-12H,5-10,16H2,1-4H3. The van der Waals surface area contributed by atoms with Crippen LogP contribution in [-0.2, 0) is 19.4 Å². The maximum Gasteiger partial charge on any atom is 0.342 e. The molecule has 1 aliphatic heterocycles. The predicted octanol–water partition coefficient (Wildman–Crippen LogP) is 1.63. The van der Waals surface area contributed by atoms with Crippen molar-refractivity contribution in [2.45, 2.75) is 65.5 Å². The summed E-state index contributed by atoms with van der Waals surface area (Å²) in [7, 11) is 0. The van der Waals surface area contributed by atoms with Gasteiger partial charge in [-0.15, -0.1) is 0 Å². The molecule has 1 fully saturated rings. The molecule has 0 radical (unpaired) electrons. The van der Waals surface area contributed by atoms with Crippen molar-refractivity contribution in [3.8, 4) is 0 Å². The highest BCUT2D eigenvalue weighted by Crippen LogP contribution is 2.20. The van der Waals surface area contributed by atoms with Gasteiger partial charge in [-0.25, -0.2) is 4.79 Å². The van der Waals surface area contributed by atoms with Gasteiger partial charge in [0.2, 0.25) is 5.91 Å². The minimum atomic E-state index is -0.424. The lowest BCUT2D eigenvalue weighted by Gasteiger charge is -2.32. The maximum atomic E-state index is 11.9. The third kappa shape index (κ3) is 6.44. The fourth-order valence-electron chi connectivity index (χ4n) is 2.17. The fraction of sp³-hybridized carbons (Fsp3) is 0.867. The number of rotatable bonds is 5. The van der Waals surface area contributed by atoms with Crippen molar-refractivity contribution in [1.82, 2.24) is 4.90 Å². The van der Waals surface area contributed by atoms with E-state index in [0.29, 0.717) is 38.8 Å². The number of hydrogen-bond acceptors (Lipinski definition) is 5. The summed E-state index contributed by atoms with van der Waals surface area (Å²) in [5, 5.41) is 0. The SMILES string of the molecule is CCC(N)C(=O)N1CCC(OOC(=O)CC(C)(C)C)CC1. The summed E-state index contributed by atoms with van der Waals surface area (Å²) in [6, 6.07) is -0.424. The zero-order chi connectivity index (χ0) is 16.0. The first-order valence-corrected chi connectivity index (χ1v) is 7.63. The van der Waals surface area contributed by atoms with Gasteiger partial charge in [-0.05, 0) is 24.7 Å². The summed E-state index contributed by atoms with van der Waals surface area (Å²) in [6.07, 6.45) is 2.13. The molecule has 1 saturated heterocycles. The highest BCUT2D eigenvalue weighted by Gasteiger charge is 2.27. The Balaban J connectivity index is 2.28. The molecule has 122 valence electrons. The summed E-state index contributed by atoms with van der Waals surface area (Å²) >= 11 is 0. The minimum absolute atomic E-state index is 0.0133. The number of likely N-dealkylation sites (tertiary alicyclic amines) is 1. The second-order valence-corrected chi connectivity index (χ2v) is 6.83. The molecule has 21 heavy (non-hydrogen) atoms. The van der Waals surface area contributed by atoms with E-state index in [-0.39, 0.29) is 23.4 Å². The van der Waals surface area contributed by atoms with E-state index in [1.54, 1.807) is 4.90 Å². The van der Waals surface area contributed by atoms with Gasteiger partial charge in [-0.3, -0.25) is 9.68 Å². The quantitative estimate of drug-likeness (QED) is 0.616.